The molecule has 0 rings (SSSR count). The van der Waals surface area contributed by atoms with E-state index in [0.717, 1.165) is 0 Å². The first-order valence-corrected chi connectivity index (χ1v) is 51.7. The average Bonchev–Trinajstić information content (AvgIpc) is 3.04. The fraction of sp³-hybridized carbons (Fsp3) is 0.677. The van der Waals surface area contributed by atoms with Gasteiger partial charge >= 0.3 is 0 Å². The van der Waals surface area contributed by atoms with Crippen LogP contribution in [-0.4, -0.2) is 197 Å². The Labute approximate surface area is 477 Å². The second-order valence-electron chi connectivity index (χ2n) is 30.2. The van der Waals surface area contributed by atoms with Crippen LogP contribution in [-0.2, 0) is 0 Å². The molecule has 0 radical (unpaired) electrons. The molecular formula is C65H145P9. The maximum absolute atomic E-state index is 4.32. The van der Waals surface area contributed by atoms with E-state index in [1.165, 1.54) is 37.7 Å². The second-order valence-corrected chi connectivity index (χ2v) is 69.2. The van der Waals surface area contributed by atoms with Gasteiger partial charge in [0.05, 0.1) is 0 Å². The molecule has 0 spiro atoms. The van der Waals surface area contributed by atoms with Gasteiger partial charge in [-0.25, -0.2) is 0 Å². The van der Waals surface area contributed by atoms with Crippen molar-refractivity contribution in [1.82, 2.24) is 0 Å². The van der Waals surface area contributed by atoms with E-state index < -0.39 is 62.0 Å². The van der Waals surface area contributed by atoms with Crippen molar-refractivity contribution in [3.05, 3.63) is 70.6 Å². The van der Waals surface area contributed by atoms with Gasteiger partial charge in [-0.3, -0.25) is 0 Å². The topological polar surface area (TPSA) is 0 Å². The van der Waals surface area contributed by atoms with Gasteiger partial charge in [0.15, 0.2) is 0 Å². The molecule has 0 amide bonds. The fourth-order valence-corrected chi connectivity index (χ4v) is 6.09. The number of rotatable bonds is 8. The van der Waals surface area contributed by atoms with Crippen molar-refractivity contribution in [2.45, 2.75) is 166 Å². The molecular weight excluding hydrogens is 1060 g/mol. The molecule has 0 unspecified atom stereocenters. The monoisotopic (exact) mass is 1200 g/mol. The molecule has 74 heavy (non-hydrogen) atoms. The zero-order valence-corrected chi connectivity index (χ0v) is 67.0. The molecule has 0 aromatic heterocycles. The minimum Gasteiger partial charge on any atom is -0.113 e. The van der Waals surface area contributed by atoms with Gasteiger partial charge in [-0.15, -0.1) is 52.7 Å². The third-order valence-electron chi connectivity index (χ3n) is 15.3. The number of hydrogen-bond donors (Lipinski definition) is 0. The Morgan fingerprint density at radius 1 is 0.270 bits per heavy atom. The molecule has 0 aliphatic heterocycles. The van der Waals surface area contributed by atoms with Crippen molar-refractivity contribution in [3.8, 4) is 0 Å². The summed E-state index contributed by atoms with van der Waals surface area (Å²) < 4.78 is 0. The molecule has 0 saturated heterocycles. The van der Waals surface area contributed by atoms with Crippen LogP contribution in [0.1, 0.15) is 145 Å². The van der Waals surface area contributed by atoms with E-state index >= 15 is 0 Å². The van der Waals surface area contributed by atoms with Crippen LogP contribution in [0.5, 0.6) is 0 Å². The summed E-state index contributed by atoms with van der Waals surface area (Å²) in [5.74, 6) is 0. The summed E-state index contributed by atoms with van der Waals surface area (Å²) in [7, 11) is 0. The molecule has 0 saturated carbocycles. The Balaban J connectivity index is -0.0000000922. The maximum atomic E-state index is 4.32. The molecule has 9 heteroatoms. The summed E-state index contributed by atoms with van der Waals surface area (Å²) in [4.78, 5) is 0. The first-order valence-electron chi connectivity index (χ1n) is 25.9. The van der Waals surface area contributed by atoms with Gasteiger partial charge in [0.2, 0.25) is 0 Å². The van der Waals surface area contributed by atoms with E-state index in [-0.39, 0.29) is 5.16 Å². The van der Waals surface area contributed by atoms with Crippen LogP contribution in [0.3, 0.4) is 0 Å². The summed E-state index contributed by atoms with van der Waals surface area (Å²) in [6.07, 6.45) is 36.9. The van der Waals surface area contributed by atoms with E-state index in [1.54, 1.807) is 0 Å². The minimum atomic E-state index is -1.02. The zero-order valence-electron chi connectivity index (χ0n) is 58.9. The van der Waals surface area contributed by atoms with Crippen LogP contribution in [0.2, 0.25) is 0 Å². The van der Waals surface area contributed by atoms with Crippen molar-refractivity contribution in [1.29, 1.82) is 0 Å². The van der Waals surface area contributed by atoms with Crippen LogP contribution in [0, 0.1) is 5.41 Å². The highest BCUT2D eigenvalue weighted by atomic mass is 31.2. The standard InChI is InChI=1S/C10H23P.C9H19P.C8H17P.2C7H17P.4C6H13P/c1-9(2,3)10(4,5)11(6,7)8;1-8(2)9(3,4)10(5,6)7;1-7(2)8(3)9(4,5)6;2*1-7(2,3)8(4,5)6;4*1-6(2)7(3,4)5/h6H2,1-5,7-8H3;1,5H2,2-4,6-7H3;4H2,1-3,5-6H3;2*4H2,1-3,5-6H3;4*1,3H2,2,4-5H3. The van der Waals surface area contributed by atoms with Gasteiger partial charge < -0.3 is 0 Å². The predicted molar refractivity (Wildman–Crippen MR) is 418 cm³/mol. The highest BCUT2D eigenvalue weighted by Crippen LogP contribution is 2.59. The maximum Gasteiger partial charge on any atom is 0.00402 e. The quantitative estimate of drug-likeness (QED) is 0.168. The van der Waals surface area contributed by atoms with Gasteiger partial charge in [-0.2, -0.15) is 0 Å². The molecule has 0 N–H and O–H groups in total. The minimum absolute atomic E-state index is 0.243. The molecule has 0 aliphatic carbocycles. The van der Waals surface area contributed by atoms with E-state index in [4.69, 9.17) is 0 Å². The highest BCUT2D eigenvalue weighted by Gasteiger charge is 2.37. The van der Waals surface area contributed by atoms with E-state index in [0.29, 0.717) is 20.9 Å². The fourth-order valence-electron chi connectivity index (χ4n) is 2.03. The van der Waals surface area contributed by atoms with Crippen molar-refractivity contribution in [2.24, 2.45) is 5.41 Å². The zero-order chi connectivity index (χ0) is 64.0. The smallest absolute Gasteiger partial charge is 0.00402 e. The Hall–Kier alpha value is 1.14. The lowest BCUT2D eigenvalue weighted by atomic mass is 9.82. The molecule has 450 valence electrons. The van der Waals surface area contributed by atoms with Crippen molar-refractivity contribution in [3.63, 3.8) is 0 Å². The second kappa shape index (κ2) is 35.2. The van der Waals surface area contributed by atoms with E-state index in [2.05, 4.69) is 327 Å². The van der Waals surface area contributed by atoms with Crippen molar-refractivity contribution in [2.75, 3.05) is 120 Å². The third-order valence-corrected chi connectivity index (χ3v) is 40.2. The molecule has 0 fully saturated rings. The van der Waals surface area contributed by atoms with Crippen LogP contribution in [0.25, 0.3) is 0 Å². The lowest BCUT2D eigenvalue weighted by molar-refractivity contribution is 0.313. The molecule has 0 aromatic rings. The van der Waals surface area contributed by atoms with Gasteiger partial charge in [0, 0.05) is 5.16 Å². The summed E-state index contributed by atoms with van der Waals surface area (Å²) in [5, 5.41) is 7.97. The summed E-state index contributed by atoms with van der Waals surface area (Å²) >= 11 is 0. The van der Waals surface area contributed by atoms with Crippen molar-refractivity contribution < 1.29 is 0 Å². The van der Waals surface area contributed by atoms with Crippen molar-refractivity contribution >= 4 is 119 Å². The Morgan fingerprint density at radius 3 is 0.419 bits per heavy atom. The molecule has 0 heterocycles. The van der Waals surface area contributed by atoms with Crippen LogP contribution in [0.15, 0.2) is 70.6 Å². The molecule has 0 aliphatic rings. The lowest BCUT2D eigenvalue weighted by Gasteiger charge is -2.46. The number of allylic oxidation sites excluding steroid dienone is 7. The summed E-state index contributed by atoms with van der Waals surface area (Å²) in [6, 6.07) is 0. The van der Waals surface area contributed by atoms with Gasteiger partial charge in [0.1, 0.15) is 0 Å². The molecule has 0 atom stereocenters. The molecule has 0 bridgehead atoms. The summed E-state index contributed by atoms with van der Waals surface area (Å²) in [5.41, 5.74) is 3.05. The molecule has 0 nitrogen and oxygen atoms in total. The van der Waals surface area contributed by atoms with E-state index in [1.807, 2.05) is 27.7 Å². The third kappa shape index (κ3) is 51.3. The van der Waals surface area contributed by atoms with Crippen LogP contribution >= 0.6 is 62.0 Å². The SMILES string of the molecule is C=C(C)C(C)(C)P(=C)(C)C.C=C(C)P(=C)(C)C.C=C(C)P(=C)(C)C.C=C(C)P(=C)(C)C.C=C(C)P(=C)(C)C.C=P(C)(C)C(C)(C)C.C=P(C)(C)C(C)(C)C.C=P(C)(C)C(C)(C)C(C)(C)C.C=P(C)(C)C(C)=C(C)C. The lowest BCUT2D eigenvalue weighted by Crippen LogP contribution is -2.36. The first kappa shape index (κ1) is 94.4. The largest absolute Gasteiger partial charge is 0.113 e. The van der Waals surface area contributed by atoms with Crippen LogP contribution in [0.4, 0.5) is 0 Å². The Morgan fingerprint density at radius 2 is 0.419 bits per heavy atom. The normalized spacial score (nSPS) is 12.7. The van der Waals surface area contributed by atoms with E-state index in [9.17, 15) is 0 Å². The Kier molecular flexibility index (Phi) is 44.9. The Bertz CT molecular complexity index is 2060. The van der Waals surface area contributed by atoms with Gasteiger partial charge in [-0.1, -0.05) is 227 Å². The average molecular weight is 1210 g/mol. The predicted octanol–water partition coefficient (Wildman–Crippen LogP) is 23.5. The first-order chi connectivity index (χ1) is 30.8. The summed E-state index contributed by atoms with van der Waals surface area (Å²) in [6.45, 7) is 97.2. The van der Waals surface area contributed by atoms with Gasteiger partial charge in [-0.05, 0) is 196 Å². The highest BCUT2D eigenvalue weighted by molar-refractivity contribution is 7.78. The van der Waals surface area contributed by atoms with Crippen LogP contribution < -0.4 is 0 Å². The van der Waals surface area contributed by atoms with Gasteiger partial charge in [0.25, 0.3) is 0 Å². The number of hydrogen-bond acceptors (Lipinski definition) is 0. The molecule has 0 aromatic carbocycles.